The van der Waals surface area contributed by atoms with Crippen LogP contribution in [0.1, 0.15) is 52.9 Å². The summed E-state index contributed by atoms with van der Waals surface area (Å²) in [5.41, 5.74) is 0. The summed E-state index contributed by atoms with van der Waals surface area (Å²) < 4.78 is 0. The largest absolute Gasteiger partial charge is 0.396 e. The van der Waals surface area contributed by atoms with Crippen LogP contribution in [0.5, 0.6) is 0 Å². The van der Waals surface area contributed by atoms with E-state index in [-0.39, 0.29) is 18.6 Å². The zero-order chi connectivity index (χ0) is 14.3. The summed E-state index contributed by atoms with van der Waals surface area (Å²) in [7, 11) is 0. The van der Waals surface area contributed by atoms with Crippen LogP contribution in [0.15, 0.2) is 0 Å². The van der Waals surface area contributed by atoms with Crippen molar-refractivity contribution in [3.05, 3.63) is 0 Å². The topological polar surface area (TPSA) is 52.6 Å². The summed E-state index contributed by atoms with van der Waals surface area (Å²) in [5.74, 6) is 0.695. The molecule has 0 saturated carbocycles. The Kier molecular flexibility index (Phi) is 7.39. The molecule has 0 aromatic carbocycles. The molecule has 19 heavy (non-hydrogen) atoms. The Morgan fingerprint density at radius 3 is 2.68 bits per heavy atom. The molecule has 1 saturated heterocycles. The summed E-state index contributed by atoms with van der Waals surface area (Å²) >= 11 is 0. The number of aliphatic hydroxyl groups excluding tert-OH is 1. The van der Waals surface area contributed by atoms with Gasteiger partial charge in [-0.15, -0.1) is 0 Å². The van der Waals surface area contributed by atoms with Gasteiger partial charge in [0.15, 0.2) is 0 Å². The number of amides is 1. The van der Waals surface area contributed by atoms with Crippen LogP contribution in [0.3, 0.4) is 0 Å². The number of carbonyl (C=O) groups excluding carboxylic acids is 1. The van der Waals surface area contributed by atoms with Gasteiger partial charge in [0.2, 0.25) is 5.91 Å². The molecule has 1 heterocycles. The van der Waals surface area contributed by atoms with Gasteiger partial charge in [0.25, 0.3) is 0 Å². The maximum absolute atomic E-state index is 12.2. The number of hydrogen-bond donors (Lipinski definition) is 2. The van der Waals surface area contributed by atoms with E-state index in [1.54, 1.807) is 0 Å². The summed E-state index contributed by atoms with van der Waals surface area (Å²) in [4.78, 5) is 14.5. The molecule has 1 rings (SSSR count). The average Bonchev–Trinajstić information content (AvgIpc) is 2.44. The monoisotopic (exact) mass is 270 g/mol. The van der Waals surface area contributed by atoms with Crippen LogP contribution in [0.4, 0.5) is 0 Å². The quantitative estimate of drug-likeness (QED) is 0.741. The van der Waals surface area contributed by atoms with Gasteiger partial charge in [-0.05, 0) is 51.5 Å². The first kappa shape index (κ1) is 16.4. The molecule has 0 radical (unpaired) electrons. The predicted molar refractivity (Wildman–Crippen MR) is 78.0 cm³/mol. The number of nitrogens with zero attached hydrogens (tertiary/aromatic N) is 1. The van der Waals surface area contributed by atoms with Crippen molar-refractivity contribution >= 4 is 5.91 Å². The second-order valence-electron chi connectivity index (χ2n) is 5.71. The minimum absolute atomic E-state index is 0.0536. The van der Waals surface area contributed by atoms with Crippen LogP contribution in [0.2, 0.25) is 0 Å². The second-order valence-corrected chi connectivity index (χ2v) is 5.71. The molecule has 0 bridgehead atoms. The third-order valence-corrected chi connectivity index (χ3v) is 4.35. The Bertz CT molecular complexity index is 265. The van der Waals surface area contributed by atoms with Crippen LogP contribution < -0.4 is 5.32 Å². The average molecular weight is 270 g/mol. The lowest BCUT2D eigenvalue weighted by molar-refractivity contribution is -0.127. The number of piperidine rings is 1. The van der Waals surface area contributed by atoms with Gasteiger partial charge in [0, 0.05) is 19.2 Å². The van der Waals surface area contributed by atoms with Gasteiger partial charge in [-0.3, -0.25) is 9.69 Å². The van der Waals surface area contributed by atoms with E-state index in [0.29, 0.717) is 12.0 Å². The van der Waals surface area contributed by atoms with Crippen molar-refractivity contribution in [2.24, 2.45) is 5.92 Å². The second kappa shape index (κ2) is 8.54. The molecule has 4 heteroatoms. The zero-order valence-electron chi connectivity index (χ0n) is 12.7. The fourth-order valence-electron chi connectivity index (χ4n) is 2.85. The van der Waals surface area contributed by atoms with Gasteiger partial charge in [-0.1, -0.05) is 13.8 Å². The Labute approximate surface area is 117 Å². The van der Waals surface area contributed by atoms with Crippen molar-refractivity contribution in [3.8, 4) is 0 Å². The number of likely N-dealkylation sites (tertiary alicyclic amines) is 1. The standard InChI is InChI=1S/C15H30N2O2/c1-4-14(5-2)16-15(19)12(3)17-9-6-7-13(11-17)8-10-18/h12-14,18H,4-11H2,1-3H3,(H,16,19). The molecule has 2 N–H and O–H groups in total. The fraction of sp³-hybridized carbons (Fsp3) is 0.933. The molecule has 1 aliphatic heterocycles. The van der Waals surface area contributed by atoms with Gasteiger partial charge >= 0.3 is 0 Å². The first-order chi connectivity index (χ1) is 9.12. The summed E-state index contributed by atoms with van der Waals surface area (Å²) in [5, 5.41) is 12.2. The van der Waals surface area contributed by atoms with E-state index < -0.39 is 0 Å². The molecular formula is C15H30N2O2. The van der Waals surface area contributed by atoms with Crippen LogP contribution >= 0.6 is 0 Å². The maximum atomic E-state index is 12.2. The van der Waals surface area contributed by atoms with E-state index >= 15 is 0 Å². The lowest BCUT2D eigenvalue weighted by Crippen LogP contribution is -2.51. The molecular weight excluding hydrogens is 240 g/mol. The first-order valence-electron chi connectivity index (χ1n) is 7.77. The predicted octanol–water partition coefficient (Wildman–Crippen LogP) is 1.77. The SMILES string of the molecule is CCC(CC)NC(=O)C(C)N1CCCC(CCO)C1. The number of rotatable bonds is 7. The number of hydrogen-bond acceptors (Lipinski definition) is 3. The van der Waals surface area contributed by atoms with Crippen LogP contribution in [0.25, 0.3) is 0 Å². The lowest BCUT2D eigenvalue weighted by atomic mass is 9.94. The van der Waals surface area contributed by atoms with Crippen LogP contribution in [0, 0.1) is 5.92 Å². The molecule has 0 spiro atoms. The number of carbonyl (C=O) groups is 1. The van der Waals surface area contributed by atoms with E-state index in [2.05, 4.69) is 24.1 Å². The van der Waals surface area contributed by atoms with Crippen molar-refractivity contribution in [1.82, 2.24) is 10.2 Å². The highest BCUT2D eigenvalue weighted by atomic mass is 16.3. The van der Waals surface area contributed by atoms with E-state index in [1.807, 2.05) is 6.92 Å². The van der Waals surface area contributed by atoms with E-state index in [1.165, 1.54) is 6.42 Å². The van der Waals surface area contributed by atoms with E-state index in [9.17, 15) is 4.79 Å². The molecule has 112 valence electrons. The van der Waals surface area contributed by atoms with Crippen LogP contribution in [-0.4, -0.2) is 47.7 Å². The van der Waals surface area contributed by atoms with Crippen molar-refractivity contribution in [1.29, 1.82) is 0 Å². The highest BCUT2D eigenvalue weighted by Crippen LogP contribution is 2.21. The normalized spacial score (nSPS) is 22.5. The Hall–Kier alpha value is -0.610. The molecule has 1 amide bonds. The smallest absolute Gasteiger partial charge is 0.237 e. The minimum atomic E-state index is -0.0536. The van der Waals surface area contributed by atoms with Gasteiger partial charge < -0.3 is 10.4 Å². The van der Waals surface area contributed by atoms with Crippen molar-refractivity contribution in [2.45, 2.75) is 65.0 Å². The van der Waals surface area contributed by atoms with Gasteiger partial charge in [0.1, 0.15) is 0 Å². The number of aliphatic hydroxyl groups is 1. The highest BCUT2D eigenvalue weighted by molar-refractivity contribution is 5.81. The third kappa shape index (κ3) is 5.11. The lowest BCUT2D eigenvalue weighted by Gasteiger charge is -2.36. The third-order valence-electron chi connectivity index (χ3n) is 4.35. The number of nitrogens with one attached hydrogen (secondary N) is 1. The van der Waals surface area contributed by atoms with Crippen molar-refractivity contribution in [2.75, 3.05) is 19.7 Å². The molecule has 0 aliphatic carbocycles. The molecule has 1 aliphatic rings. The molecule has 0 aromatic heterocycles. The zero-order valence-corrected chi connectivity index (χ0v) is 12.7. The minimum Gasteiger partial charge on any atom is -0.396 e. The molecule has 2 unspecified atom stereocenters. The van der Waals surface area contributed by atoms with Crippen molar-refractivity contribution < 1.29 is 9.90 Å². The fourth-order valence-corrected chi connectivity index (χ4v) is 2.85. The van der Waals surface area contributed by atoms with Crippen molar-refractivity contribution in [3.63, 3.8) is 0 Å². The molecule has 4 nitrogen and oxygen atoms in total. The van der Waals surface area contributed by atoms with Gasteiger partial charge in [-0.2, -0.15) is 0 Å². The molecule has 2 atom stereocenters. The van der Waals surface area contributed by atoms with Crippen LogP contribution in [-0.2, 0) is 4.79 Å². The molecule has 0 aromatic rings. The summed E-state index contributed by atoms with van der Waals surface area (Å²) in [6, 6.07) is 0.245. The highest BCUT2D eigenvalue weighted by Gasteiger charge is 2.27. The molecule has 1 fully saturated rings. The van der Waals surface area contributed by atoms with Gasteiger partial charge in [0.05, 0.1) is 6.04 Å². The summed E-state index contributed by atoms with van der Waals surface area (Å²) in [6.45, 7) is 8.41. The Balaban J connectivity index is 2.46. The Morgan fingerprint density at radius 2 is 2.11 bits per heavy atom. The first-order valence-corrected chi connectivity index (χ1v) is 7.77. The summed E-state index contributed by atoms with van der Waals surface area (Å²) in [6.07, 6.45) is 5.15. The van der Waals surface area contributed by atoms with E-state index in [0.717, 1.165) is 38.8 Å². The van der Waals surface area contributed by atoms with Gasteiger partial charge in [-0.25, -0.2) is 0 Å². The maximum Gasteiger partial charge on any atom is 0.237 e. The van der Waals surface area contributed by atoms with E-state index in [4.69, 9.17) is 5.11 Å². The Morgan fingerprint density at radius 1 is 1.42 bits per heavy atom.